The van der Waals surface area contributed by atoms with Crippen molar-refractivity contribution in [3.63, 3.8) is 0 Å². The summed E-state index contributed by atoms with van der Waals surface area (Å²) in [4.78, 5) is 24.7. The summed E-state index contributed by atoms with van der Waals surface area (Å²) in [5.74, 6) is -0.934. The average Bonchev–Trinajstić information content (AvgIpc) is 2.56. The van der Waals surface area contributed by atoms with Crippen molar-refractivity contribution in [2.24, 2.45) is 0 Å². The van der Waals surface area contributed by atoms with Gasteiger partial charge in [0, 0.05) is 5.56 Å². The Morgan fingerprint density at radius 3 is 3.00 bits per heavy atom. The lowest BCUT2D eigenvalue weighted by Gasteiger charge is -1.96. The number of ketones is 1. The van der Waals surface area contributed by atoms with Crippen LogP contribution in [0.15, 0.2) is 27.4 Å². The number of Topliss-reactive ketones (excluding diaryl/α,β-unsaturated/α-hetero) is 1. The molecule has 0 radical (unpaired) electrons. The van der Waals surface area contributed by atoms with Gasteiger partial charge in [0.05, 0.1) is 11.4 Å². The van der Waals surface area contributed by atoms with Gasteiger partial charge >= 0.3 is 5.76 Å². The molecule has 0 saturated carbocycles. The molecule has 0 saturated heterocycles. The summed E-state index contributed by atoms with van der Waals surface area (Å²) in [5, 5.41) is 0. The smallest absolute Gasteiger partial charge is 0.408 e. The molecule has 1 N–H and O–H groups in total. The van der Waals surface area contributed by atoms with Crippen LogP contribution in [0.5, 0.6) is 0 Å². The van der Waals surface area contributed by atoms with Crippen molar-refractivity contribution in [1.82, 2.24) is 4.98 Å². The molecule has 0 fully saturated rings. The molecule has 1 aromatic heterocycles. The van der Waals surface area contributed by atoms with Gasteiger partial charge in [0.25, 0.3) is 0 Å². The van der Waals surface area contributed by atoms with Crippen LogP contribution in [0.3, 0.4) is 0 Å². The van der Waals surface area contributed by atoms with Crippen molar-refractivity contribution in [2.45, 2.75) is 0 Å². The monoisotopic (exact) mass is 211 g/mol. The Morgan fingerprint density at radius 1 is 1.50 bits per heavy atom. The van der Waals surface area contributed by atoms with Gasteiger partial charge in [-0.1, -0.05) is 6.07 Å². The fourth-order valence-electron chi connectivity index (χ4n) is 1.28. The van der Waals surface area contributed by atoms with Crippen LogP contribution in [0.25, 0.3) is 11.1 Å². The molecular weight excluding hydrogens is 206 g/mol. The second kappa shape index (κ2) is 3.31. The lowest BCUT2D eigenvalue weighted by atomic mass is 10.1. The van der Waals surface area contributed by atoms with Gasteiger partial charge < -0.3 is 4.42 Å². The van der Waals surface area contributed by atoms with E-state index >= 15 is 0 Å². The zero-order chi connectivity index (χ0) is 10.1. The van der Waals surface area contributed by atoms with Gasteiger partial charge in [0.15, 0.2) is 11.4 Å². The lowest BCUT2D eigenvalue weighted by Crippen LogP contribution is -2.02. The molecule has 14 heavy (non-hydrogen) atoms. The van der Waals surface area contributed by atoms with E-state index in [-0.39, 0.29) is 11.7 Å². The second-order valence-corrected chi connectivity index (χ2v) is 3.02. The minimum Gasteiger partial charge on any atom is -0.408 e. The zero-order valence-electron chi connectivity index (χ0n) is 7.04. The fourth-order valence-corrected chi connectivity index (χ4v) is 1.42. The van der Waals surface area contributed by atoms with E-state index < -0.39 is 5.76 Å². The molecule has 2 aromatic rings. The summed E-state index contributed by atoms with van der Waals surface area (Å²) in [6.07, 6.45) is 0. The molecule has 0 aliphatic rings. The van der Waals surface area contributed by atoms with Crippen LogP contribution in [0, 0.1) is 0 Å². The summed E-state index contributed by atoms with van der Waals surface area (Å²) in [6.45, 7) is 0. The molecule has 5 heteroatoms. The van der Waals surface area contributed by atoms with Crippen LogP contribution in [0.4, 0.5) is 0 Å². The van der Waals surface area contributed by atoms with E-state index in [0.29, 0.717) is 16.7 Å². The molecule has 0 bridgehead atoms. The third kappa shape index (κ3) is 1.33. The second-order valence-electron chi connectivity index (χ2n) is 2.75. The first-order chi connectivity index (χ1) is 6.72. The average molecular weight is 212 g/mol. The molecule has 1 aromatic carbocycles. The number of carbonyl (C=O) groups excluding carboxylic acids is 1. The van der Waals surface area contributed by atoms with Crippen LogP contribution >= 0.6 is 11.6 Å². The lowest BCUT2D eigenvalue weighted by molar-refractivity contribution is 0.102. The van der Waals surface area contributed by atoms with E-state index in [2.05, 4.69) is 4.98 Å². The Hall–Kier alpha value is -1.55. The number of oxazole rings is 1. The molecule has 4 nitrogen and oxygen atoms in total. The number of alkyl halides is 1. The summed E-state index contributed by atoms with van der Waals surface area (Å²) in [7, 11) is 0. The van der Waals surface area contributed by atoms with Gasteiger partial charge in [-0.25, -0.2) is 4.79 Å². The number of hydrogen-bond donors (Lipinski definition) is 1. The maximum Gasteiger partial charge on any atom is 0.417 e. The van der Waals surface area contributed by atoms with Gasteiger partial charge in [-0.05, 0) is 12.1 Å². The Labute approximate surface area is 83.5 Å². The number of fused-ring (bicyclic) bond motifs is 1. The van der Waals surface area contributed by atoms with E-state index in [0.717, 1.165) is 0 Å². The minimum atomic E-state index is -0.574. The number of halogens is 1. The largest absolute Gasteiger partial charge is 0.417 e. The third-order valence-corrected chi connectivity index (χ3v) is 2.12. The van der Waals surface area contributed by atoms with Gasteiger partial charge in [-0.2, -0.15) is 0 Å². The number of H-pyrrole nitrogens is 1. The molecule has 0 aliphatic heterocycles. The minimum absolute atomic E-state index is 0.119. The molecule has 0 unspecified atom stereocenters. The number of carbonyl (C=O) groups is 1. The summed E-state index contributed by atoms with van der Waals surface area (Å²) in [5.41, 5.74) is 1.15. The first kappa shape index (κ1) is 9.02. The SMILES string of the molecule is O=C(CCl)c1cccc2oc(=O)[nH]c12. The van der Waals surface area contributed by atoms with Crippen molar-refractivity contribution in [3.8, 4) is 0 Å². The zero-order valence-corrected chi connectivity index (χ0v) is 7.80. The van der Waals surface area contributed by atoms with E-state index in [1.54, 1.807) is 18.2 Å². The van der Waals surface area contributed by atoms with Gasteiger partial charge in [-0.15, -0.1) is 11.6 Å². The van der Waals surface area contributed by atoms with Crippen molar-refractivity contribution in [1.29, 1.82) is 0 Å². The van der Waals surface area contributed by atoms with Crippen molar-refractivity contribution < 1.29 is 9.21 Å². The summed E-state index contributed by atoms with van der Waals surface area (Å²) < 4.78 is 4.80. The highest BCUT2D eigenvalue weighted by Crippen LogP contribution is 2.15. The third-order valence-electron chi connectivity index (χ3n) is 1.88. The molecule has 0 amide bonds. The molecule has 0 aliphatic carbocycles. The molecule has 0 spiro atoms. The first-order valence-corrected chi connectivity index (χ1v) is 4.47. The Morgan fingerprint density at radius 2 is 2.29 bits per heavy atom. The number of benzene rings is 1. The number of hydrogen-bond acceptors (Lipinski definition) is 3. The summed E-state index contributed by atoms with van der Waals surface area (Å²) >= 11 is 5.42. The van der Waals surface area contributed by atoms with Crippen LogP contribution in [-0.2, 0) is 0 Å². The van der Waals surface area contributed by atoms with Crippen molar-refractivity contribution in [2.75, 3.05) is 5.88 Å². The highest BCUT2D eigenvalue weighted by Gasteiger charge is 2.11. The molecular formula is C9H6ClNO3. The maximum absolute atomic E-state index is 11.3. The van der Waals surface area contributed by atoms with E-state index in [1.165, 1.54) is 0 Å². The first-order valence-electron chi connectivity index (χ1n) is 3.93. The number of para-hydroxylation sites is 1. The van der Waals surface area contributed by atoms with Gasteiger partial charge in [0.2, 0.25) is 0 Å². The van der Waals surface area contributed by atoms with Crippen LogP contribution in [0.2, 0.25) is 0 Å². The quantitative estimate of drug-likeness (QED) is 0.606. The normalized spacial score (nSPS) is 10.6. The van der Waals surface area contributed by atoms with Crippen molar-refractivity contribution in [3.05, 3.63) is 34.3 Å². The van der Waals surface area contributed by atoms with Crippen LogP contribution < -0.4 is 5.76 Å². The maximum atomic E-state index is 11.3. The Kier molecular flexibility index (Phi) is 2.13. The number of nitrogens with one attached hydrogen (secondary N) is 1. The van der Waals surface area contributed by atoms with E-state index in [4.69, 9.17) is 16.0 Å². The van der Waals surface area contributed by atoms with Gasteiger partial charge in [0.1, 0.15) is 0 Å². The van der Waals surface area contributed by atoms with E-state index in [9.17, 15) is 9.59 Å². The predicted molar refractivity (Wildman–Crippen MR) is 51.9 cm³/mol. The molecule has 72 valence electrons. The Balaban J connectivity index is 2.76. The predicted octanol–water partition coefficient (Wildman–Crippen LogP) is 1.54. The summed E-state index contributed by atoms with van der Waals surface area (Å²) in [6, 6.07) is 4.84. The van der Waals surface area contributed by atoms with Crippen molar-refractivity contribution >= 4 is 28.5 Å². The van der Waals surface area contributed by atoms with Crippen LogP contribution in [0.1, 0.15) is 10.4 Å². The topological polar surface area (TPSA) is 63.1 Å². The molecule has 1 heterocycles. The molecule has 0 atom stereocenters. The highest BCUT2D eigenvalue weighted by molar-refractivity contribution is 6.31. The van der Waals surface area contributed by atoms with E-state index in [1.807, 2.05) is 0 Å². The highest BCUT2D eigenvalue weighted by atomic mass is 35.5. The number of aromatic amines is 1. The number of rotatable bonds is 2. The van der Waals surface area contributed by atoms with Crippen LogP contribution in [-0.4, -0.2) is 16.6 Å². The molecule has 2 rings (SSSR count). The standard InChI is InChI=1S/C9H6ClNO3/c10-4-6(12)5-2-1-3-7-8(5)11-9(13)14-7/h1-3H,4H2,(H,11,13). The Bertz CT molecular complexity index is 540. The fraction of sp³-hybridized carbons (Fsp3) is 0.111. The number of aromatic nitrogens is 1. The van der Waals surface area contributed by atoms with Gasteiger partial charge in [-0.3, -0.25) is 9.78 Å².